The van der Waals surface area contributed by atoms with E-state index in [1.165, 1.54) is 23.1 Å². The zero-order chi connectivity index (χ0) is 23.1. The maximum atomic E-state index is 13.5. The Kier molecular flexibility index (Phi) is 6.70. The smallest absolute Gasteiger partial charge is 0.339 e. The van der Waals surface area contributed by atoms with Crippen molar-refractivity contribution in [2.24, 2.45) is 0 Å². The summed E-state index contributed by atoms with van der Waals surface area (Å²) >= 11 is 17.0. The van der Waals surface area contributed by atoms with Crippen LogP contribution in [0, 0.1) is 0 Å². The van der Waals surface area contributed by atoms with E-state index < -0.39 is 28.2 Å². The zero-order valence-electron chi connectivity index (χ0n) is 17.5. The molecule has 1 aliphatic rings. The number of rotatable bonds is 5. The predicted molar refractivity (Wildman–Crippen MR) is 123 cm³/mol. The van der Waals surface area contributed by atoms with Gasteiger partial charge in [0, 0.05) is 0 Å². The van der Waals surface area contributed by atoms with Crippen molar-refractivity contribution in [1.29, 1.82) is 0 Å². The van der Waals surface area contributed by atoms with Crippen molar-refractivity contribution in [1.82, 2.24) is 0 Å². The summed E-state index contributed by atoms with van der Waals surface area (Å²) in [4.78, 5) is 40.6. The molecule has 1 aliphatic heterocycles. The molecule has 3 rings (SSSR count). The number of benzene rings is 2. The minimum absolute atomic E-state index is 0.00455. The molecule has 0 aromatic heterocycles. The van der Waals surface area contributed by atoms with E-state index in [4.69, 9.17) is 39.5 Å². The van der Waals surface area contributed by atoms with Gasteiger partial charge in [-0.2, -0.15) is 0 Å². The molecular weight excluding hydrogens is 461 g/mol. The zero-order valence-corrected chi connectivity index (χ0v) is 19.8. The summed E-state index contributed by atoms with van der Waals surface area (Å²) in [7, 11) is 0. The van der Waals surface area contributed by atoms with Crippen molar-refractivity contribution >= 4 is 58.3 Å². The number of nitrogens with zero attached hydrogens (tertiary/aromatic N) is 1. The summed E-state index contributed by atoms with van der Waals surface area (Å²) in [5.74, 6) is -1.74. The first-order chi connectivity index (χ1) is 14.4. The van der Waals surface area contributed by atoms with E-state index in [1.54, 1.807) is 0 Å². The molecule has 2 aromatic carbocycles. The van der Waals surface area contributed by atoms with E-state index in [1.807, 2.05) is 45.9 Å². The van der Waals surface area contributed by atoms with Gasteiger partial charge in [0.05, 0.1) is 22.4 Å². The number of fused-ring (bicyclic) bond motifs is 1. The third-order valence-electron chi connectivity index (χ3n) is 5.07. The molecular formula is C23H22Cl3NO4. The fraction of sp³-hybridized carbons (Fsp3) is 0.348. The molecule has 0 radical (unpaired) electrons. The number of para-hydroxylation sites is 1. The highest BCUT2D eigenvalue weighted by Gasteiger charge is 2.42. The van der Waals surface area contributed by atoms with Crippen LogP contribution in [-0.4, -0.2) is 28.2 Å². The van der Waals surface area contributed by atoms with Gasteiger partial charge in [0.1, 0.15) is 6.61 Å². The maximum Gasteiger partial charge on any atom is 0.339 e. The maximum absolute atomic E-state index is 13.5. The van der Waals surface area contributed by atoms with Gasteiger partial charge in [-0.3, -0.25) is 9.59 Å². The average molecular weight is 483 g/mol. The van der Waals surface area contributed by atoms with Crippen LogP contribution in [0.15, 0.2) is 36.4 Å². The van der Waals surface area contributed by atoms with Gasteiger partial charge in [-0.1, -0.05) is 86.8 Å². The lowest BCUT2D eigenvalue weighted by atomic mass is 9.92. The Balaban J connectivity index is 2.12. The third-order valence-corrected chi connectivity index (χ3v) is 5.40. The van der Waals surface area contributed by atoms with Gasteiger partial charge < -0.3 is 4.74 Å². The van der Waals surface area contributed by atoms with E-state index in [0.29, 0.717) is 5.69 Å². The van der Waals surface area contributed by atoms with Crippen LogP contribution in [-0.2, 0) is 4.74 Å². The summed E-state index contributed by atoms with van der Waals surface area (Å²) in [6.45, 7) is 7.52. The predicted octanol–water partition coefficient (Wildman–Crippen LogP) is 6.26. The minimum Gasteiger partial charge on any atom is -0.458 e. The van der Waals surface area contributed by atoms with Crippen molar-refractivity contribution < 1.29 is 19.1 Å². The SMILES string of the molecule is CC(C)c1cccc(C(C)C)c1N1C(=O)c2cccc(C(=O)OCC(Cl)(Cl)Cl)c2C1=O. The van der Waals surface area contributed by atoms with Crippen molar-refractivity contribution in [3.05, 3.63) is 64.2 Å². The second-order valence-electron chi connectivity index (χ2n) is 7.96. The quantitative estimate of drug-likeness (QED) is 0.286. The number of ether oxygens (including phenoxy) is 1. The summed E-state index contributed by atoms with van der Waals surface area (Å²) in [5, 5.41) is 0. The molecule has 31 heavy (non-hydrogen) atoms. The number of hydrogen-bond donors (Lipinski definition) is 0. The molecule has 0 fully saturated rings. The van der Waals surface area contributed by atoms with Crippen LogP contribution in [0.1, 0.15) is 81.7 Å². The fourth-order valence-electron chi connectivity index (χ4n) is 3.65. The summed E-state index contributed by atoms with van der Waals surface area (Å²) in [6.07, 6.45) is 0. The van der Waals surface area contributed by atoms with Gasteiger partial charge >= 0.3 is 5.97 Å². The first-order valence-electron chi connectivity index (χ1n) is 9.82. The number of halogens is 3. The lowest BCUT2D eigenvalue weighted by molar-refractivity contribution is 0.0509. The van der Waals surface area contributed by atoms with E-state index in [0.717, 1.165) is 11.1 Å². The van der Waals surface area contributed by atoms with Crippen molar-refractivity contribution in [2.75, 3.05) is 11.5 Å². The first kappa shape index (κ1) is 23.6. The molecule has 0 saturated carbocycles. The minimum atomic E-state index is -1.79. The molecule has 0 unspecified atom stereocenters. The van der Waals surface area contributed by atoms with Gasteiger partial charge in [-0.25, -0.2) is 9.69 Å². The van der Waals surface area contributed by atoms with Gasteiger partial charge in [0.2, 0.25) is 3.79 Å². The molecule has 0 saturated heterocycles. The summed E-state index contributed by atoms with van der Waals surface area (Å²) < 4.78 is 3.26. The second-order valence-corrected chi connectivity index (χ2v) is 10.5. The number of imide groups is 1. The Bertz CT molecular complexity index is 1030. The van der Waals surface area contributed by atoms with Crippen LogP contribution in [0.2, 0.25) is 0 Å². The lowest BCUT2D eigenvalue weighted by Gasteiger charge is -2.25. The lowest BCUT2D eigenvalue weighted by Crippen LogP contribution is -2.32. The molecule has 0 bridgehead atoms. The van der Waals surface area contributed by atoms with Gasteiger partial charge in [0.25, 0.3) is 11.8 Å². The third kappa shape index (κ3) is 4.59. The highest BCUT2D eigenvalue weighted by Crippen LogP contribution is 2.40. The Morgan fingerprint density at radius 3 is 2.00 bits per heavy atom. The number of esters is 1. The largest absolute Gasteiger partial charge is 0.458 e. The van der Waals surface area contributed by atoms with Crippen LogP contribution in [0.25, 0.3) is 0 Å². The Hall–Kier alpha value is -2.08. The van der Waals surface area contributed by atoms with Crippen LogP contribution in [0.5, 0.6) is 0 Å². The van der Waals surface area contributed by atoms with Crippen LogP contribution in [0.3, 0.4) is 0 Å². The van der Waals surface area contributed by atoms with Crippen molar-refractivity contribution in [3.8, 4) is 0 Å². The fourth-order valence-corrected chi connectivity index (χ4v) is 3.82. The number of anilines is 1. The Morgan fingerprint density at radius 1 is 0.935 bits per heavy atom. The Labute approximate surface area is 196 Å². The highest BCUT2D eigenvalue weighted by atomic mass is 35.6. The monoisotopic (exact) mass is 481 g/mol. The number of amides is 2. The van der Waals surface area contributed by atoms with E-state index in [9.17, 15) is 14.4 Å². The van der Waals surface area contributed by atoms with E-state index in [2.05, 4.69) is 0 Å². The Morgan fingerprint density at radius 2 is 1.48 bits per heavy atom. The standard InChI is InChI=1S/C23H22Cl3NO4/c1-12(2)14-7-5-8-15(13(3)4)19(14)27-20(28)16-9-6-10-17(18(16)21(27)29)22(30)31-11-23(24,25)26/h5-10,12-13H,11H2,1-4H3. The molecule has 0 N–H and O–H groups in total. The molecule has 164 valence electrons. The van der Waals surface area contributed by atoms with Gasteiger partial charge in [-0.05, 0) is 35.1 Å². The number of carbonyl (C=O) groups excluding carboxylic acids is 3. The second kappa shape index (κ2) is 8.81. The van der Waals surface area contributed by atoms with E-state index in [-0.39, 0.29) is 28.5 Å². The normalized spacial score (nSPS) is 13.9. The molecule has 0 atom stereocenters. The summed E-state index contributed by atoms with van der Waals surface area (Å²) in [5.41, 5.74) is 2.42. The molecule has 5 nitrogen and oxygen atoms in total. The van der Waals surface area contributed by atoms with Crippen LogP contribution < -0.4 is 4.90 Å². The molecule has 2 aromatic rings. The van der Waals surface area contributed by atoms with Crippen LogP contribution in [0.4, 0.5) is 5.69 Å². The van der Waals surface area contributed by atoms with E-state index >= 15 is 0 Å². The molecule has 1 heterocycles. The molecule has 0 aliphatic carbocycles. The van der Waals surface area contributed by atoms with Gasteiger partial charge in [-0.15, -0.1) is 0 Å². The molecule has 2 amide bonds. The number of hydrogen-bond acceptors (Lipinski definition) is 4. The summed E-state index contributed by atoms with van der Waals surface area (Å²) in [6, 6.07) is 10.2. The van der Waals surface area contributed by atoms with Crippen LogP contribution >= 0.6 is 34.8 Å². The molecule has 8 heteroatoms. The highest BCUT2D eigenvalue weighted by molar-refractivity contribution is 6.67. The first-order valence-corrected chi connectivity index (χ1v) is 11.0. The number of alkyl halides is 3. The molecule has 0 spiro atoms. The van der Waals surface area contributed by atoms with Crippen molar-refractivity contribution in [2.45, 2.75) is 43.3 Å². The number of carbonyl (C=O) groups is 3. The topological polar surface area (TPSA) is 63.7 Å². The van der Waals surface area contributed by atoms with Crippen molar-refractivity contribution in [3.63, 3.8) is 0 Å². The average Bonchev–Trinajstić information content (AvgIpc) is 2.95. The van der Waals surface area contributed by atoms with Gasteiger partial charge in [0.15, 0.2) is 0 Å².